The molecule has 82 heavy (non-hydrogen) atoms. The Morgan fingerprint density at radius 3 is 1.11 bits per heavy atom. The summed E-state index contributed by atoms with van der Waals surface area (Å²) in [7, 11) is -21.1. The van der Waals surface area contributed by atoms with Gasteiger partial charge in [0.15, 0.2) is 0 Å². The molecule has 0 N–H and O–H groups in total. The topological polar surface area (TPSA) is 37.4 Å². The van der Waals surface area contributed by atoms with Gasteiger partial charge in [0, 0.05) is 68.8 Å². The van der Waals surface area contributed by atoms with E-state index >= 15 is 38.9 Å². The summed E-state index contributed by atoms with van der Waals surface area (Å²) >= 11 is 0. The molecule has 0 radical (unpaired) electrons. The Labute approximate surface area is 463 Å². The number of ether oxygens (including phenoxy) is 3. The van der Waals surface area contributed by atoms with Crippen LogP contribution in [0.15, 0.2) is 210 Å². The van der Waals surface area contributed by atoms with E-state index in [1.54, 1.807) is 132 Å². The molecule has 6 aliphatic rings. The number of para-hydroxylation sites is 5. The Morgan fingerprint density at radius 2 is 0.646 bits per heavy atom. The molecule has 6 nitrogen and oxygen atoms in total. The third-order valence-electron chi connectivity index (χ3n) is 16.4. The molecule has 6 heterocycles. The fourth-order valence-corrected chi connectivity index (χ4v) is 14.5. The van der Waals surface area contributed by atoms with E-state index in [0.717, 1.165) is 16.5 Å². The smallest absolute Gasteiger partial charge is 0.310 e. The maximum absolute atomic E-state index is 16.0. The summed E-state index contributed by atoms with van der Waals surface area (Å²) in [6.07, 6.45) is 0. The van der Waals surface area contributed by atoms with E-state index in [9.17, 15) is 0 Å². The van der Waals surface area contributed by atoms with Crippen molar-refractivity contribution in [2.75, 3.05) is 14.7 Å². The second-order valence-corrected chi connectivity index (χ2v) is 26.3. The van der Waals surface area contributed by atoms with E-state index in [-0.39, 0.29) is 56.5 Å². The number of halogens is 10. The summed E-state index contributed by atoms with van der Waals surface area (Å²) in [5.41, 5.74) is 6.29. The maximum Gasteiger partial charge on any atom is 0.310 e. The molecule has 0 fully saturated rings. The van der Waals surface area contributed by atoms with Gasteiger partial charge in [-0.05, 0) is 141 Å². The Morgan fingerprint density at radius 1 is 0.293 bits per heavy atom. The summed E-state index contributed by atoms with van der Waals surface area (Å²) in [5.74, 6) is 1.70. The molecular weight excluding hydrogens is 1110 g/mol. The number of fused-ring (bicyclic) bond motifs is 12. The molecule has 0 unspecified atom stereocenters. The molecule has 0 saturated heterocycles. The largest absolute Gasteiger partial charge is 0.458 e. The fourth-order valence-electron chi connectivity index (χ4n) is 13.2. The highest BCUT2D eigenvalue weighted by Gasteiger charge is 2.68. The van der Waals surface area contributed by atoms with Crippen molar-refractivity contribution in [1.82, 2.24) is 0 Å². The first-order chi connectivity index (χ1) is 38.8. The zero-order chi connectivity index (χ0) is 56.3. The van der Waals surface area contributed by atoms with Gasteiger partial charge >= 0.3 is 20.4 Å². The number of hydrogen-bond acceptors (Lipinski definition) is 6. The average Bonchev–Trinajstić information content (AvgIpc) is 1.04. The summed E-state index contributed by atoms with van der Waals surface area (Å²) in [6, 6.07) is 51.9. The minimum Gasteiger partial charge on any atom is -0.458 e. The van der Waals surface area contributed by atoms with Crippen molar-refractivity contribution in [3.05, 3.63) is 206 Å². The highest BCUT2D eigenvalue weighted by molar-refractivity contribution is 8.46. The van der Waals surface area contributed by atoms with Crippen LogP contribution in [0.4, 0.5) is 90.0 Å². The van der Waals surface area contributed by atoms with Gasteiger partial charge in [-0.1, -0.05) is 142 Å². The molecule has 0 spiro atoms. The van der Waals surface area contributed by atoms with Gasteiger partial charge in [-0.25, -0.2) is 0 Å². The van der Waals surface area contributed by atoms with E-state index in [1.165, 1.54) is 9.80 Å². The third kappa shape index (κ3) is 7.17. The van der Waals surface area contributed by atoms with E-state index in [2.05, 4.69) is 0 Å². The minimum absolute atomic E-state index is 0.115. The molecule has 0 aliphatic carbocycles. The molecule has 0 atom stereocenters. The predicted octanol–water partition coefficient (Wildman–Crippen LogP) is 14.5. The van der Waals surface area contributed by atoms with Crippen LogP contribution in [-0.4, -0.2) is 20.1 Å². The van der Waals surface area contributed by atoms with Gasteiger partial charge in [0.25, 0.3) is 20.1 Å². The van der Waals surface area contributed by atoms with Crippen molar-refractivity contribution in [2.24, 2.45) is 0 Å². The summed E-state index contributed by atoms with van der Waals surface area (Å²) in [6.45, 7) is -0.647. The lowest BCUT2D eigenvalue weighted by Crippen LogP contribution is -2.65. The van der Waals surface area contributed by atoms with Gasteiger partial charge < -0.3 is 28.9 Å². The summed E-state index contributed by atoms with van der Waals surface area (Å²) < 4.78 is 176. The Kier molecular flexibility index (Phi) is 8.97. The molecule has 0 bridgehead atoms. The van der Waals surface area contributed by atoms with Crippen LogP contribution in [0.2, 0.25) is 0 Å². The zero-order valence-corrected chi connectivity index (χ0v) is 44.1. The number of hydrogen-bond donors (Lipinski definition) is 0. The zero-order valence-electron chi connectivity index (χ0n) is 42.4. The SMILES string of the molecule is Cc1cc2c3c(c1)Oc1cc4c(cc1B3c1ccccc1O2)B1c2cc3c(cc2N(c2ccccc2)c2cc(S(F)(F)(F)(F)F)cc(c21)N4c1ccccc1)N(c1ccccc1)c1cc(S(F)(F)(F)(F)F)cc2c1B3c1ccccc1O2. The predicted molar refractivity (Wildman–Crippen MR) is 312 cm³/mol. The van der Waals surface area contributed by atoms with Gasteiger partial charge in [-0.15, -0.1) is 0 Å². The highest BCUT2D eigenvalue weighted by atomic mass is 32.5. The van der Waals surface area contributed by atoms with Crippen LogP contribution in [0, 0.1) is 6.92 Å². The Hall–Kier alpha value is -8.81. The maximum atomic E-state index is 16.0. The van der Waals surface area contributed by atoms with Crippen molar-refractivity contribution in [2.45, 2.75) is 16.7 Å². The molecule has 21 heteroatoms. The van der Waals surface area contributed by atoms with E-state index < -0.39 is 56.1 Å². The third-order valence-corrected chi connectivity index (χ3v) is 18.6. The molecule has 0 amide bonds. The lowest BCUT2D eigenvalue weighted by Gasteiger charge is -2.48. The molecule has 0 aromatic heterocycles. The van der Waals surface area contributed by atoms with Gasteiger partial charge in [0.2, 0.25) is 0 Å². The number of nitrogens with zero attached hydrogens (tertiary/aromatic N) is 3. The highest BCUT2D eigenvalue weighted by Crippen LogP contribution is 3.03. The van der Waals surface area contributed by atoms with Gasteiger partial charge in [-0.2, -0.15) is 0 Å². The Bertz CT molecular complexity index is 4540. The molecular formula is C61H36B3F10N3O3S2. The molecule has 10 aromatic rings. The average molecular weight is 1150 g/mol. The second kappa shape index (κ2) is 15.0. The van der Waals surface area contributed by atoms with Crippen molar-refractivity contribution in [3.8, 4) is 34.5 Å². The lowest BCUT2D eigenvalue weighted by atomic mass is 9.29. The van der Waals surface area contributed by atoms with Crippen LogP contribution < -0.4 is 78.1 Å². The first-order valence-electron chi connectivity index (χ1n) is 25.9. The fraction of sp³-hybridized carbons (Fsp3) is 0.0164. The van der Waals surface area contributed by atoms with Crippen LogP contribution in [-0.2, 0) is 0 Å². The minimum atomic E-state index is -10.6. The Balaban J connectivity index is 1.06. The number of benzene rings is 10. The van der Waals surface area contributed by atoms with Crippen LogP contribution >= 0.6 is 20.4 Å². The molecule has 10 aromatic carbocycles. The molecule has 404 valence electrons. The number of aryl methyl sites for hydroxylation is 1. The van der Waals surface area contributed by atoms with Gasteiger partial charge in [0.1, 0.15) is 44.3 Å². The first kappa shape index (κ1) is 49.0. The number of anilines is 9. The standard InChI is InChI=1S/C61H36B3F10N3O3S2/c1-35-25-56-61-57(26-35)80-55-34-49-45(32-46(55)63(61)42-22-12-14-24-54(42)78-56)64-44-31-43-47(76(37-17-7-3-8-18-37)52-29-40(82(70,71,72,73)74)30-58-60(52)62(43)41-21-11-13-23-53(41)79-58)33-48(44)75(36-15-5-2-6-16-36)50-27-39(81(65,66,67,68)69)28-51(59(50)64)77(49)38-19-9-4-10-20-38/h2-34H,1H3. The van der Waals surface area contributed by atoms with E-state index in [1.807, 2.05) is 55.5 Å². The summed E-state index contributed by atoms with van der Waals surface area (Å²) in [5, 5.41) is 0. The normalized spacial score (nSPS) is 16.3. The van der Waals surface area contributed by atoms with Crippen LogP contribution in [0.5, 0.6) is 34.5 Å². The van der Waals surface area contributed by atoms with Gasteiger partial charge in [0.05, 0.1) is 0 Å². The van der Waals surface area contributed by atoms with Crippen LogP contribution in [0.1, 0.15) is 5.56 Å². The van der Waals surface area contributed by atoms with Crippen molar-refractivity contribution in [3.63, 3.8) is 0 Å². The number of rotatable bonds is 5. The van der Waals surface area contributed by atoms with Crippen LogP contribution in [0.3, 0.4) is 0 Å². The molecule has 0 saturated carbocycles. The van der Waals surface area contributed by atoms with Crippen molar-refractivity contribution in [1.29, 1.82) is 0 Å². The van der Waals surface area contributed by atoms with E-state index in [0.29, 0.717) is 86.0 Å². The van der Waals surface area contributed by atoms with Crippen molar-refractivity contribution >= 4 is 141 Å². The lowest BCUT2D eigenvalue weighted by molar-refractivity contribution is 0.360. The first-order valence-corrected chi connectivity index (χ1v) is 29.8. The van der Waals surface area contributed by atoms with E-state index in [4.69, 9.17) is 14.2 Å². The quantitative estimate of drug-likeness (QED) is 0.126. The second-order valence-electron chi connectivity index (χ2n) is 21.5. The molecule has 6 aliphatic heterocycles. The molecule has 16 rings (SSSR count). The monoisotopic (exact) mass is 1150 g/mol. The van der Waals surface area contributed by atoms with Crippen molar-refractivity contribution < 1.29 is 53.1 Å². The summed E-state index contributed by atoms with van der Waals surface area (Å²) in [4.78, 5) is 0.0903. The van der Waals surface area contributed by atoms with Gasteiger partial charge in [-0.3, -0.25) is 0 Å². The van der Waals surface area contributed by atoms with Crippen LogP contribution in [0.25, 0.3) is 0 Å².